The molecule has 0 aliphatic carbocycles. The van der Waals surface area contributed by atoms with E-state index in [0.717, 1.165) is 35.2 Å². The first kappa shape index (κ1) is 22.5. The first-order valence-corrected chi connectivity index (χ1v) is 10.4. The van der Waals surface area contributed by atoms with Gasteiger partial charge in [-0.1, -0.05) is 69.0 Å². The maximum absolute atomic E-state index is 12.4. The molecule has 0 spiro atoms. The molecule has 156 valence electrons. The van der Waals surface area contributed by atoms with Crippen LogP contribution in [0.5, 0.6) is 0 Å². The van der Waals surface area contributed by atoms with Crippen LogP contribution in [0.15, 0.2) is 48.5 Å². The van der Waals surface area contributed by atoms with Crippen molar-refractivity contribution in [1.29, 1.82) is 0 Å². The van der Waals surface area contributed by atoms with E-state index in [9.17, 15) is 9.59 Å². The van der Waals surface area contributed by atoms with Crippen LogP contribution in [0.4, 0.5) is 10.5 Å². The van der Waals surface area contributed by atoms with E-state index < -0.39 is 11.9 Å². The van der Waals surface area contributed by atoms with Gasteiger partial charge in [0.05, 0.1) is 5.92 Å². The molecule has 2 aromatic rings. The number of hydrogen-bond donors (Lipinski definition) is 2. The maximum Gasteiger partial charge on any atom is 0.321 e. The van der Waals surface area contributed by atoms with Crippen LogP contribution < -0.4 is 10.2 Å². The molecule has 1 atom stereocenters. The van der Waals surface area contributed by atoms with Gasteiger partial charge in [0.1, 0.15) is 0 Å². The van der Waals surface area contributed by atoms with Crippen molar-refractivity contribution in [2.75, 3.05) is 18.5 Å². The topological polar surface area (TPSA) is 69.6 Å². The molecule has 5 heteroatoms. The number of nitrogens with one attached hydrogen (secondary N) is 1. The number of aliphatic carboxylic acids is 1. The molecule has 5 nitrogen and oxygen atoms in total. The lowest BCUT2D eigenvalue weighted by atomic mass is 9.97. The minimum Gasteiger partial charge on any atom is -0.481 e. The van der Waals surface area contributed by atoms with E-state index >= 15 is 0 Å². The summed E-state index contributed by atoms with van der Waals surface area (Å²) in [5.41, 5.74) is 3.55. The quantitative estimate of drug-likeness (QED) is 0.509. The van der Waals surface area contributed by atoms with Gasteiger partial charge in [-0.25, -0.2) is 4.79 Å². The predicted octanol–water partition coefficient (Wildman–Crippen LogP) is 5.66. The number of carbonyl (C=O) groups is 2. The van der Waals surface area contributed by atoms with Crippen molar-refractivity contribution in [2.45, 2.75) is 51.9 Å². The number of carbonyl (C=O) groups excluding carboxylic acids is 1. The summed E-state index contributed by atoms with van der Waals surface area (Å²) in [7, 11) is 1.77. The predicted molar refractivity (Wildman–Crippen MR) is 118 cm³/mol. The first-order valence-electron chi connectivity index (χ1n) is 10.4. The fraction of sp³-hybridized carbons (Fsp3) is 0.417. The zero-order valence-corrected chi connectivity index (χ0v) is 17.6. The Kier molecular flexibility index (Phi) is 8.71. The molecule has 0 heterocycles. The number of urea groups is 1. The molecular formula is C24H32N2O3. The number of benzene rings is 2. The van der Waals surface area contributed by atoms with Crippen molar-refractivity contribution in [3.05, 3.63) is 54.1 Å². The number of hydrogen-bond acceptors (Lipinski definition) is 2. The third-order valence-corrected chi connectivity index (χ3v) is 5.21. The molecule has 1 unspecified atom stereocenters. The molecule has 0 saturated carbocycles. The largest absolute Gasteiger partial charge is 0.481 e. The van der Waals surface area contributed by atoms with Gasteiger partial charge < -0.3 is 10.4 Å². The van der Waals surface area contributed by atoms with E-state index in [1.807, 2.05) is 48.5 Å². The van der Waals surface area contributed by atoms with Gasteiger partial charge in [-0.2, -0.15) is 0 Å². The zero-order valence-electron chi connectivity index (χ0n) is 17.6. The highest BCUT2D eigenvalue weighted by Crippen LogP contribution is 2.26. The average molecular weight is 397 g/mol. The summed E-state index contributed by atoms with van der Waals surface area (Å²) >= 11 is 0. The van der Waals surface area contributed by atoms with Crippen molar-refractivity contribution in [1.82, 2.24) is 5.32 Å². The van der Waals surface area contributed by atoms with E-state index in [-0.39, 0.29) is 6.03 Å². The number of rotatable bonds is 10. The molecule has 0 aliphatic heterocycles. The summed E-state index contributed by atoms with van der Waals surface area (Å²) in [4.78, 5) is 25.2. The molecule has 2 amide bonds. The van der Waals surface area contributed by atoms with Gasteiger partial charge in [0, 0.05) is 19.3 Å². The van der Waals surface area contributed by atoms with Gasteiger partial charge >= 0.3 is 12.0 Å². The highest BCUT2D eigenvalue weighted by atomic mass is 16.4. The van der Waals surface area contributed by atoms with Crippen LogP contribution in [-0.2, 0) is 4.79 Å². The zero-order chi connectivity index (χ0) is 21.2. The van der Waals surface area contributed by atoms with Crippen molar-refractivity contribution in [2.24, 2.45) is 0 Å². The third-order valence-electron chi connectivity index (χ3n) is 5.21. The highest BCUT2D eigenvalue weighted by molar-refractivity contribution is 5.92. The number of carboxylic acids is 1. The lowest BCUT2D eigenvalue weighted by Crippen LogP contribution is -2.37. The summed E-state index contributed by atoms with van der Waals surface area (Å²) < 4.78 is 0. The highest BCUT2D eigenvalue weighted by Gasteiger charge is 2.14. The van der Waals surface area contributed by atoms with Crippen molar-refractivity contribution >= 4 is 17.7 Å². The molecule has 2 N–H and O–H groups in total. The van der Waals surface area contributed by atoms with E-state index in [1.54, 1.807) is 18.9 Å². The van der Waals surface area contributed by atoms with Gasteiger partial charge in [-0.05, 0) is 42.2 Å². The van der Waals surface area contributed by atoms with Crippen LogP contribution in [0, 0.1) is 0 Å². The van der Waals surface area contributed by atoms with Gasteiger partial charge in [-0.3, -0.25) is 9.69 Å². The maximum atomic E-state index is 12.4. The summed E-state index contributed by atoms with van der Waals surface area (Å²) in [5, 5.41) is 12.1. The Hall–Kier alpha value is -2.82. The Morgan fingerprint density at radius 2 is 1.69 bits per heavy atom. The fourth-order valence-electron chi connectivity index (χ4n) is 3.16. The summed E-state index contributed by atoms with van der Waals surface area (Å²) in [5.74, 6) is -1.37. The summed E-state index contributed by atoms with van der Waals surface area (Å²) in [6.07, 6.45) is 5.82. The van der Waals surface area contributed by atoms with E-state index in [0.29, 0.717) is 6.54 Å². The molecule has 0 aromatic heterocycles. The van der Waals surface area contributed by atoms with Gasteiger partial charge in [-0.15, -0.1) is 0 Å². The average Bonchev–Trinajstić information content (AvgIpc) is 2.75. The van der Waals surface area contributed by atoms with Gasteiger partial charge in [0.2, 0.25) is 0 Å². The molecule has 0 saturated heterocycles. The molecule has 0 aliphatic rings. The standard InChI is InChI=1S/C24H32N2O3/c1-4-5-6-7-8-16-25-24(29)26(3)22-11-9-10-21(17-22)20-14-12-19(13-15-20)18(2)23(27)28/h9-15,17-18H,4-8,16H2,1-3H3,(H,25,29)(H,27,28). The SMILES string of the molecule is CCCCCCCNC(=O)N(C)c1cccc(-c2ccc(C(C)C(=O)O)cc2)c1. The van der Waals surface area contributed by atoms with Crippen LogP contribution in [0.3, 0.4) is 0 Å². The van der Waals surface area contributed by atoms with Crippen molar-refractivity contribution < 1.29 is 14.7 Å². The molecule has 29 heavy (non-hydrogen) atoms. The van der Waals surface area contributed by atoms with Crippen LogP contribution in [-0.4, -0.2) is 30.7 Å². The van der Waals surface area contributed by atoms with Crippen molar-refractivity contribution in [3.8, 4) is 11.1 Å². The minimum absolute atomic E-state index is 0.108. The number of anilines is 1. The second-order valence-corrected chi connectivity index (χ2v) is 7.44. The first-order chi connectivity index (χ1) is 13.9. The number of unbranched alkanes of at least 4 members (excludes halogenated alkanes) is 4. The second kappa shape index (κ2) is 11.2. The van der Waals surface area contributed by atoms with Crippen LogP contribution in [0.1, 0.15) is 57.4 Å². The number of carboxylic acid groups (broad SMARTS) is 1. The van der Waals surface area contributed by atoms with Gasteiger partial charge in [0.25, 0.3) is 0 Å². The third kappa shape index (κ3) is 6.63. The molecular weight excluding hydrogens is 364 g/mol. The molecule has 2 aromatic carbocycles. The smallest absolute Gasteiger partial charge is 0.321 e. The molecule has 0 radical (unpaired) electrons. The minimum atomic E-state index is -0.835. The number of nitrogens with zero attached hydrogens (tertiary/aromatic N) is 1. The molecule has 2 rings (SSSR count). The normalized spacial score (nSPS) is 11.7. The van der Waals surface area contributed by atoms with Crippen LogP contribution in [0.25, 0.3) is 11.1 Å². The monoisotopic (exact) mass is 396 g/mol. The Balaban J connectivity index is 1.99. The number of amides is 2. The molecule has 0 bridgehead atoms. The Morgan fingerprint density at radius 1 is 1.00 bits per heavy atom. The second-order valence-electron chi connectivity index (χ2n) is 7.44. The fourth-order valence-corrected chi connectivity index (χ4v) is 3.16. The summed E-state index contributed by atoms with van der Waals surface area (Å²) in [6.45, 7) is 4.56. The van der Waals surface area contributed by atoms with Crippen LogP contribution in [0.2, 0.25) is 0 Å². The van der Waals surface area contributed by atoms with Gasteiger partial charge in [0.15, 0.2) is 0 Å². The summed E-state index contributed by atoms with van der Waals surface area (Å²) in [6, 6.07) is 15.2. The lowest BCUT2D eigenvalue weighted by Gasteiger charge is -2.19. The Labute approximate surface area is 173 Å². The lowest BCUT2D eigenvalue weighted by molar-refractivity contribution is -0.138. The Bertz CT molecular complexity index is 802. The van der Waals surface area contributed by atoms with E-state index in [4.69, 9.17) is 5.11 Å². The molecule has 0 fully saturated rings. The van der Waals surface area contributed by atoms with E-state index in [2.05, 4.69) is 12.2 Å². The van der Waals surface area contributed by atoms with E-state index in [1.165, 1.54) is 19.3 Å². The van der Waals surface area contributed by atoms with Crippen molar-refractivity contribution in [3.63, 3.8) is 0 Å². The van der Waals surface area contributed by atoms with Crippen LogP contribution >= 0.6 is 0 Å². The Morgan fingerprint density at radius 3 is 2.34 bits per heavy atom.